The van der Waals surface area contributed by atoms with Gasteiger partial charge in [-0.25, -0.2) is 4.99 Å². The Bertz CT molecular complexity index is 961. The summed E-state index contributed by atoms with van der Waals surface area (Å²) in [5.41, 5.74) is 1.19. The van der Waals surface area contributed by atoms with Gasteiger partial charge in [0, 0.05) is 16.6 Å². The van der Waals surface area contributed by atoms with Crippen molar-refractivity contribution in [1.29, 1.82) is 0 Å². The normalized spacial score (nSPS) is 17.0. The summed E-state index contributed by atoms with van der Waals surface area (Å²) in [6, 6.07) is 10.7. The number of carbonyl (C=O) groups excluding carboxylic acids is 1. The first-order valence-corrected chi connectivity index (χ1v) is 10.6. The molecule has 28 heavy (non-hydrogen) atoms. The molecule has 5 nitrogen and oxygen atoms in total. The number of aliphatic imine (C=N–C) groups is 1. The van der Waals surface area contributed by atoms with E-state index in [9.17, 15) is 9.90 Å². The van der Waals surface area contributed by atoms with Crippen molar-refractivity contribution in [2.24, 2.45) is 4.99 Å². The van der Waals surface area contributed by atoms with Gasteiger partial charge in [0.05, 0.1) is 22.2 Å². The first-order valence-electron chi connectivity index (χ1n) is 8.64. The van der Waals surface area contributed by atoms with E-state index in [-0.39, 0.29) is 16.7 Å². The number of carbonyl (C=O) groups is 1. The summed E-state index contributed by atoms with van der Waals surface area (Å²) in [4.78, 5) is 19.4. The lowest BCUT2D eigenvalue weighted by atomic mass is 10.2. The van der Waals surface area contributed by atoms with Gasteiger partial charge in [-0.15, -0.1) is 0 Å². The molecule has 0 bridgehead atoms. The van der Waals surface area contributed by atoms with E-state index < -0.39 is 0 Å². The fourth-order valence-corrected chi connectivity index (χ4v) is 4.49. The van der Waals surface area contributed by atoms with Crippen LogP contribution in [0.5, 0.6) is 11.5 Å². The molecule has 0 saturated carbocycles. The van der Waals surface area contributed by atoms with Crippen molar-refractivity contribution in [2.75, 3.05) is 13.2 Å². The molecule has 0 atom stereocenters. The molecular weight excluding hydrogens is 464 g/mol. The highest BCUT2D eigenvalue weighted by Crippen LogP contribution is 2.38. The van der Waals surface area contributed by atoms with Crippen LogP contribution in [0.25, 0.3) is 6.08 Å². The van der Waals surface area contributed by atoms with Crippen LogP contribution in [0.4, 0.5) is 5.69 Å². The number of amides is 1. The molecule has 2 aromatic rings. The number of likely N-dealkylation sites (N-methyl/N-ethyl adjacent to an activating group) is 1. The summed E-state index contributed by atoms with van der Waals surface area (Å²) in [5, 5.41) is 11.0. The molecule has 0 aromatic heterocycles. The molecule has 0 spiro atoms. The maximum absolute atomic E-state index is 12.8. The lowest BCUT2D eigenvalue weighted by Crippen LogP contribution is -2.28. The van der Waals surface area contributed by atoms with Gasteiger partial charge < -0.3 is 9.84 Å². The highest BCUT2D eigenvalue weighted by molar-refractivity contribution is 9.10. The first-order chi connectivity index (χ1) is 13.4. The number of phenolic OH excluding ortho intramolecular Hbond substituents is 1. The SMILES string of the molecule is CCOc1ccc(N=C2SC(=Cc3cc(Br)cc(Cl)c3O)C(=O)N2CC)cc1. The number of thioether (sulfide) groups is 1. The van der Waals surface area contributed by atoms with Crippen LogP contribution >= 0.6 is 39.3 Å². The minimum Gasteiger partial charge on any atom is -0.506 e. The lowest BCUT2D eigenvalue weighted by Gasteiger charge is -2.12. The van der Waals surface area contributed by atoms with Gasteiger partial charge in [-0.1, -0.05) is 27.5 Å². The van der Waals surface area contributed by atoms with Crippen molar-refractivity contribution in [3.63, 3.8) is 0 Å². The van der Waals surface area contributed by atoms with Crippen LogP contribution in [0.15, 0.2) is 50.8 Å². The molecule has 3 rings (SSSR count). The summed E-state index contributed by atoms with van der Waals surface area (Å²) in [6.07, 6.45) is 1.63. The van der Waals surface area contributed by atoms with E-state index in [0.717, 1.165) is 11.4 Å². The molecular formula is C20H18BrClN2O3S. The number of aromatic hydroxyl groups is 1. The maximum atomic E-state index is 12.8. The Hall–Kier alpha value is -1.96. The van der Waals surface area contributed by atoms with E-state index in [2.05, 4.69) is 20.9 Å². The van der Waals surface area contributed by atoms with Gasteiger partial charge in [0.25, 0.3) is 5.91 Å². The van der Waals surface area contributed by atoms with E-state index in [1.807, 2.05) is 38.1 Å². The Morgan fingerprint density at radius 2 is 2.00 bits per heavy atom. The molecule has 0 unspecified atom stereocenters. The topological polar surface area (TPSA) is 62.1 Å². The van der Waals surface area contributed by atoms with Gasteiger partial charge in [0.15, 0.2) is 5.17 Å². The second-order valence-electron chi connectivity index (χ2n) is 5.81. The zero-order chi connectivity index (χ0) is 20.3. The average molecular weight is 482 g/mol. The summed E-state index contributed by atoms with van der Waals surface area (Å²) in [5.74, 6) is 0.551. The molecule has 1 heterocycles. The Morgan fingerprint density at radius 3 is 2.64 bits per heavy atom. The van der Waals surface area contributed by atoms with Crippen molar-refractivity contribution < 1.29 is 14.6 Å². The Labute approximate surface area is 181 Å². The first kappa shape index (κ1) is 20.8. The molecule has 1 aliphatic rings. The number of amidine groups is 1. The van der Waals surface area contributed by atoms with E-state index in [0.29, 0.717) is 33.3 Å². The van der Waals surface area contributed by atoms with Crippen LogP contribution in [0, 0.1) is 0 Å². The van der Waals surface area contributed by atoms with Gasteiger partial charge in [-0.3, -0.25) is 9.69 Å². The number of hydrogen-bond donors (Lipinski definition) is 1. The van der Waals surface area contributed by atoms with E-state index in [1.54, 1.807) is 23.1 Å². The number of ether oxygens (including phenoxy) is 1. The summed E-state index contributed by atoms with van der Waals surface area (Å²) in [7, 11) is 0. The van der Waals surface area contributed by atoms with Gasteiger partial charge in [-0.2, -0.15) is 0 Å². The van der Waals surface area contributed by atoms with E-state index >= 15 is 0 Å². The van der Waals surface area contributed by atoms with Crippen LogP contribution in [0.1, 0.15) is 19.4 Å². The van der Waals surface area contributed by atoms with Gasteiger partial charge >= 0.3 is 0 Å². The zero-order valence-corrected chi connectivity index (χ0v) is 18.4. The highest BCUT2D eigenvalue weighted by Gasteiger charge is 2.32. The molecule has 0 radical (unpaired) electrons. The predicted molar refractivity (Wildman–Crippen MR) is 118 cm³/mol. The Morgan fingerprint density at radius 1 is 1.29 bits per heavy atom. The smallest absolute Gasteiger partial charge is 0.266 e. The van der Waals surface area contributed by atoms with Crippen molar-refractivity contribution in [3.05, 3.63) is 56.4 Å². The number of benzene rings is 2. The van der Waals surface area contributed by atoms with Crippen LogP contribution in [0.3, 0.4) is 0 Å². The third kappa shape index (κ3) is 4.54. The standard InChI is InChI=1S/C20H18BrClN2O3S/c1-3-24-19(26)17(10-12-9-13(21)11-16(22)18(12)25)28-20(24)23-14-5-7-15(8-6-14)27-4-2/h5-11,25H,3-4H2,1-2H3. The quantitative estimate of drug-likeness (QED) is 0.546. The zero-order valence-electron chi connectivity index (χ0n) is 15.3. The molecule has 1 fully saturated rings. The second kappa shape index (κ2) is 9.03. The Balaban J connectivity index is 1.92. The number of halogens is 2. The number of nitrogens with zero attached hydrogens (tertiary/aromatic N) is 2. The summed E-state index contributed by atoms with van der Waals surface area (Å²) < 4.78 is 6.15. The molecule has 146 valence electrons. The molecule has 8 heteroatoms. The van der Waals surface area contributed by atoms with Crippen LogP contribution in [-0.2, 0) is 4.79 Å². The predicted octanol–water partition coefficient (Wildman–Crippen LogP) is 5.83. The monoisotopic (exact) mass is 480 g/mol. The number of rotatable bonds is 5. The third-order valence-corrected chi connectivity index (χ3v) is 5.67. The van der Waals surface area contributed by atoms with Gasteiger partial charge in [0.1, 0.15) is 11.5 Å². The van der Waals surface area contributed by atoms with Crippen LogP contribution in [-0.4, -0.2) is 34.2 Å². The van der Waals surface area contributed by atoms with Crippen molar-refractivity contribution in [3.8, 4) is 11.5 Å². The van der Waals surface area contributed by atoms with Gasteiger partial charge in [0.2, 0.25) is 0 Å². The number of hydrogen-bond acceptors (Lipinski definition) is 5. The maximum Gasteiger partial charge on any atom is 0.266 e. The molecule has 1 saturated heterocycles. The van der Waals surface area contributed by atoms with Crippen LogP contribution < -0.4 is 4.74 Å². The fourth-order valence-electron chi connectivity index (χ4n) is 2.60. The molecule has 0 aliphatic carbocycles. The van der Waals surface area contributed by atoms with E-state index in [1.165, 1.54) is 11.8 Å². The van der Waals surface area contributed by atoms with Crippen LogP contribution in [0.2, 0.25) is 5.02 Å². The lowest BCUT2D eigenvalue weighted by molar-refractivity contribution is -0.122. The molecule has 2 aromatic carbocycles. The van der Waals surface area contributed by atoms with E-state index in [4.69, 9.17) is 16.3 Å². The summed E-state index contributed by atoms with van der Waals surface area (Å²) in [6.45, 7) is 4.91. The minimum absolute atomic E-state index is 0.0642. The average Bonchev–Trinajstić information content (AvgIpc) is 2.95. The third-order valence-electron chi connectivity index (χ3n) is 3.92. The largest absolute Gasteiger partial charge is 0.506 e. The minimum atomic E-state index is -0.160. The molecule has 1 aliphatic heterocycles. The van der Waals surface area contributed by atoms with Crippen molar-refractivity contribution >= 4 is 62.1 Å². The summed E-state index contributed by atoms with van der Waals surface area (Å²) >= 11 is 10.6. The Kier molecular flexibility index (Phi) is 6.69. The number of phenols is 1. The van der Waals surface area contributed by atoms with Gasteiger partial charge in [-0.05, 0) is 68.1 Å². The fraction of sp³-hybridized carbons (Fsp3) is 0.200. The second-order valence-corrected chi connectivity index (χ2v) is 8.14. The highest BCUT2D eigenvalue weighted by atomic mass is 79.9. The molecule has 1 N–H and O–H groups in total. The van der Waals surface area contributed by atoms with Crippen molar-refractivity contribution in [2.45, 2.75) is 13.8 Å². The molecule has 1 amide bonds. The van der Waals surface area contributed by atoms with Crippen molar-refractivity contribution in [1.82, 2.24) is 4.90 Å².